The lowest BCUT2D eigenvalue weighted by Gasteiger charge is -1.94. The standard InChI is InChI=1S/C12H9N3O/c13-9-6-14-12(15-7-9)11-5-8-3-1-2-4-10(8)16-11/h1-7H,13H2. The number of furan rings is 1. The lowest BCUT2D eigenvalue weighted by atomic mass is 10.2. The van der Waals surface area contributed by atoms with Crippen molar-refractivity contribution in [2.24, 2.45) is 0 Å². The molecule has 0 aliphatic carbocycles. The van der Waals surface area contributed by atoms with Crippen molar-refractivity contribution in [1.82, 2.24) is 9.97 Å². The zero-order valence-corrected chi connectivity index (χ0v) is 8.42. The van der Waals surface area contributed by atoms with Crippen LogP contribution in [0.2, 0.25) is 0 Å². The van der Waals surface area contributed by atoms with E-state index in [1.54, 1.807) is 12.4 Å². The van der Waals surface area contributed by atoms with Gasteiger partial charge in [0.05, 0.1) is 18.1 Å². The maximum atomic E-state index is 5.63. The van der Waals surface area contributed by atoms with Crippen LogP contribution in [-0.4, -0.2) is 9.97 Å². The lowest BCUT2D eigenvalue weighted by molar-refractivity contribution is 0.625. The second kappa shape index (κ2) is 3.34. The van der Waals surface area contributed by atoms with Gasteiger partial charge in [-0.1, -0.05) is 18.2 Å². The van der Waals surface area contributed by atoms with E-state index in [2.05, 4.69) is 9.97 Å². The predicted molar refractivity (Wildman–Crippen MR) is 61.7 cm³/mol. The van der Waals surface area contributed by atoms with Gasteiger partial charge in [0.25, 0.3) is 0 Å². The fourth-order valence-corrected chi connectivity index (χ4v) is 1.56. The highest BCUT2D eigenvalue weighted by atomic mass is 16.3. The maximum absolute atomic E-state index is 5.63. The van der Waals surface area contributed by atoms with Crippen molar-refractivity contribution >= 4 is 16.7 Å². The van der Waals surface area contributed by atoms with Crippen LogP contribution in [0.5, 0.6) is 0 Å². The minimum absolute atomic E-state index is 0.542. The van der Waals surface area contributed by atoms with Gasteiger partial charge in [-0.05, 0) is 12.1 Å². The molecular weight excluding hydrogens is 202 g/mol. The van der Waals surface area contributed by atoms with Crippen LogP contribution in [0.4, 0.5) is 5.69 Å². The third-order valence-corrected chi connectivity index (χ3v) is 2.32. The molecule has 0 bridgehead atoms. The van der Waals surface area contributed by atoms with E-state index < -0.39 is 0 Å². The first-order valence-corrected chi connectivity index (χ1v) is 4.89. The molecule has 0 radical (unpaired) electrons. The molecule has 16 heavy (non-hydrogen) atoms. The molecule has 78 valence electrons. The number of nitrogens with two attached hydrogens (primary N) is 1. The summed E-state index contributed by atoms with van der Waals surface area (Å²) in [6, 6.07) is 9.71. The lowest BCUT2D eigenvalue weighted by Crippen LogP contribution is -1.90. The Morgan fingerprint density at radius 1 is 1.06 bits per heavy atom. The summed E-state index contributed by atoms with van der Waals surface area (Å²) in [5, 5.41) is 1.04. The van der Waals surface area contributed by atoms with Crippen LogP contribution in [-0.2, 0) is 0 Å². The van der Waals surface area contributed by atoms with E-state index in [9.17, 15) is 0 Å². The van der Waals surface area contributed by atoms with Crippen LogP contribution in [0.25, 0.3) is 22.6 Å². The quantitative estimate of drug-likeness (QED) is 0.671. The maximum Gasteiger partial charge on any atom is 0.195 e. The van der Waals surface area contributed by atoms with Gasteiger partial charge in [0.2, 0.25) is 0 Å². The molecule has 0 atom stereocenters. The van der Waals surface area contributed by atoms with Gasteiger partial charge in [-0.2, -0.15) is 0 Å². The predicted octanol–water partition coefficient (Wildman–Crippen LogP) is 2.47. The molecular formula is C12H9N3O. The summed E-state index contributed by atoms with van der Waals surface area (Å²) >= 11 is 0. The van der Waals surface area contributed by atoms with Crippen LogP contribution in [0.1, 0.15) is 0 Å². The average molecular weight is 211 g/mol. The molecule has 0 saturated heterocycles. The van der Waals surface area contributed by atoms with E-state index in [0.29, 0.717) is 17.3 Å². The van der Waals surface area contributed by atoms with Crippen molar-refractivity contribution in [1.29, 1.82) is 0 Å². The van der Waals surface area contributed by atoms with E-state index >= 15 is 0 Å². The number of benzene rings is 1. The Hall–Kier alpha value is -2.36. The smallest absolute Gasteiger partial charge is 0.195 e. The number of nitrogens with zero attached hydrogens (tertiary/aromatic N) is 2. The molecule has 1 aromatic carbocycles. The van der Waals surface area contributed by atoms with Gasteiger partial charge in [-0.3, -0.25) is 0 Å². The molecule has 4 heteroatoms. The summed E-state index contributed by atoms with van der Waals surface area (Å²) in [5.74, 6) is 1.20. The Bertz CT molecular complexity index is 595. The largest absolute Gasteiger partial charge is 0.453 e. The highest BCUT2D eigenvalue weighted by Gasteiger charge is 2.07. The highest BCUT2D eigenvalue weighted by Crippen LogP contribution is 2.24. The van der Waals surface area contributed by atoms with Gasteiger partial charge in [0.15, 0.2) is 11.6 Å². The normalized spacial score (nSPS) is 10.8. The van der Waals surface area contributed by atoms with Gasteiger partial charge in [0, 0.05) is 5.39 Å². The number of aromatic nitrogens is 2. The fraction of sp³-hybridized carbons (Fsp3) is 0. The van der Waals surface area contributed by atoms with Crippen LogP contribution >= 0.6 is 0 Å². The summed E-state index contributed by atoms with van der Waals surface area (Å²) in [5.41, 5.74) is 6.90. The molecule has 2 heterocycles. The molecule has 0 aliphatic rings. The average Bonchev–Trinajstić information content (AvgIpc) is 2.73. The van der Waals surface area contributed by atoms with E-state index in [-0.39, 0.29) is 0 Å². The summed E-state index contributed by atoms with van der Waals surface area (Å²) in [7, 11) is 0. The molecule has 0 amide bonds. The van der Waals surface area contributed by atoms with Crippen molar-refractivity contribution in [3.63, 3.8) is 0 Å². The summed E-state index contributed by atoms with van der Waals surface area (Å²) < 4.78 is 5.63. The zero-order chi connectivity index (χ0) is 11.0. The van der Waals surface area contributed by atoms with E-state index in [4.69, 9.17) is 10.2 Å². The summed E-state index contributed by atoms with van der Waals surface area (Å²) in [4.78, 5) is 8.23. The number of para-hydroxylation sites is 1. The minimum atomic E-state index is 0.542. The molecule has 3 rings (SSSR count). The molecule has 0 spiro atoms. The van der Waals surface area contributed by atoms with Crippen molar-refractivity contribution < 1.29 is 4.42 Å². The molecule has 4 nitrogen and oxygen atoms in total. The molecule has 0 aliphatic heterocycles. The van der Waals surface area contributed by atoms with Gasteiger partial charge < -0.3 is 10.2 Å². The van der Waals surface area contributed by atoms with Crippen LogP contribution in [0.3, 0.4) is 0 Å². The van der Waals surface area contributed by atoms with Gasteiger partial charge >= 0.3 is 0 Å². The van der Waals surface area contributed by atoms with Crippen LogP contribution in [0, 0.1) is 0 Å². The van der Waals surface area contributed by atoms with Crippen molar-refractivity contribution in [3.8, 4) is 11.6 Å². The Morgan fingerprint density at radius 2 is 1.81 bits per heavy atom. The molecule has 0 fully saturated rings. The number of rotatable bonds is 1. The number of fused-ring (bicyclic) bond motifs is 1. The molecule has 2 aromatic heterocycles. The number of nitrogen functional groups attached to an aromatic ring is 1. The Kier molecular flexibility index (Phi) is 1.86. The van der Waals surface area contributed by atoms with E-state index in [0.717, 1.165) is 11.0 Å². The van der Waals surface area contributed by atoms with Crippen molar-refractivity contribution in [3.05, 3.63) is 42.7 Å². The highest BCUT2D eigenvalue weighted by molar-refractivity contribution is 5.81. The Labute approximate surface area is 91.7 Å². The van der Waals surface area contributed by atoms with Gasteiger partial charge in [-0.25, -0.2) is 9.97 Å². The molecule has 2 N–H and O–H groups in total. The minimum Gasteiger partial charge on any atom is -0.453 e. The van der Waals surface area contributed by atoms with E-state index in [1.807, 2.05) is 30.3 Å². The molecule has 3 aromatic rings. The zero-order valence-electron chi connectivity index (χ0n) is 8.42. The Morgan fingerprint density at radius 3 is 2.56 bits per heavy atom. The van der Waals surface area contributed by atoms with Crippen LogP contribution < -0.4 is 5.73 Å². The topological polar surface area (TPSA) is 64.9 Å². The van der Waals surface area contributed by atoms with Crippen molar-refractivity contribution in [2.45, 2.75) is 0 Å². The first-order chi connectivity index (χ1) is 7.83. The summed E-state index contributed by atoms with van der Waals surface area (Å²) in [6.07, 6.45) is 3.13. The Balaban J connectivity index is 2.15. The first kappa shape index (κ1) is 8.91. The molecule has 0 saturated carbocycles. The first-order valence-electron chi connectivity index (χ1n) is 4.89. The summed E-state index contributed by atoms with van der Waals surface area (Å²) in [6.45, 7) is 0. The SMILES string of the molecule is Nc1cnc(-c2cc3ccccc3o2)nc1. The second-order valence-corrected chi connectivity index (χ2v) is 3.49. The van der Waals surface area contributed by atoms with E-state index in [1.165, 1.54) is 0 Å². The third kappa shape index (κ3) is 1.40. The van der Waals surface area contributed by atoms with Gasteiger partial charge in [0.1, 0.15) is 5.58 Å². The number of hydrogen-bond donors (Lipinski definition) is 1. The fourth-order valence-electron chi connectivity index (χ4n) is 1.56. The van der Waals surface area contributed by atoms with Crippen LogP contribution in [0.15, 0.2) is 47.1 Å². The molecule has 0 unspecified atom stereocenters. The van der Waals surface area contributed by atoms with Gasteiger partial charge in [-0.15, -0.1) is 0 Å². The number of anilines is 1. The number of hydrogen-bond acceptors (Lipinski definition) is 4. The third-order valence-electron chi connectivity index (χ3n) is 2.32. The monoisotopic (exact) mass is 211 g/mol. The second-order valence-electron chi connectivity index (χ2n) is 3.49. The van der Waals surface area contributed by atoms with Crippen molar-refractivity contribution in [2.75, 3.05) is 5.73 Å².